The number of nitrogens with zero attached hydrogens (tertiary/aromatic N) is 1. The lowest BCUT2D eigenvalue weighted by atomic mass is 10.1. The SMILES string of the molecule is CCOC(=O)/C=C\[C@@H](O[Si](C)(C)C(C)(C)C)[C@@H]1CCCN1C(=O)OC(C)(C)C. The maximum atomic E-state index is 12.7. The zero-order valence-corrected chi connectivity index (χ0v) is 20.1. The fraction of sp³-hybridized carbons (Fsp3) is 0.810. The van der Waals surface area contributed by atoms with E-state index in [-0.39, 0.29) is 23.3 Å². The van der Waals surface area contributed by atoms with Gasteiger partial charge in [0.2, 0.25) is 0 Å². The molecule has 0 unspecified atom stereocenters. The quantitative estimate of drug-likeness (QED) is 0.352. The van der Waals surface area contributed by atoms with Gasteiger partial charge in [-0.05, 0) is 64.7 Å². The Morgan fingerprint density at radius 1 is 1.18 bits per heavy atom. The second-order valence-corrected chi connectivity index (χ2v) is 14.6. The molecule has 0 aromatic rings. The van der Waals surface area contributed by atoms with Crippen LogP contribution in [0.1, 0.15) is 61.3 Å². The molecule has 0 aliphatic carbocycles. The Hall–Kier alpha value is -1.34. The number of esters is 1. The van der Waals surface area contributed by atoms with Crippen molar-refractivity contribution in [2.24, 2.45) is 0 Å². The minimum Gasteiger partial charge on any atom is -0.463 e. The highest BCUT2D eigenvalue weighted by molar-refractivity contribution is 6.74. The first kappa shape index (κ1) is 24.7. The van der Waals surface area contributed by atoms with Crippen molar-refractivity contribution >= 4 is 20.4 Å². The Labute approximate surface area is 171 Å². The third kappa shape index (κ3) is 7.24. The molecule has 1 amide bonds. The van der Waals surface area contributed by atoms with E-state index in [0.29, 0.717) is 13.2 Å². The number of likely N-dealkylation sites (tertiary alicyclic amines) is 1. The molecule has 6 nitrogen and oxygen atoms in total. The van der Waals surface area contributed by atoms with E-state index in [0.717, 1.165) is 12.8 Å². The Morgan fingerprint density at radius 3 is 2.29 bits per heavy atom. The van der Waals surface area contributed by atoms with Crippen LogP contribution < -0.4 is 0 Å². The Kier molecular flexibility index (Phi) is 8.32. The van der Waals surface area contributed by atoms with Crippen LogP contribution in [0.2, 0.25) is 18.1 Å². The molecular formula is C21H39NO5Si. The topological polar surface area (TPSA) is 65.1 Å². The van der Waals surface area contributed by atoms with Crippen LogP contribution in [-0.4, -0.2) is 56.2 Å². The molecular weight excluding hydrogens is 374 g/mol. The van der Waals surface area contributed by atoms with Crippen molar-refractivity contribution < 1.29 is 23.5 Å². The minimum absolute atomic E-state index is 0.0123. The lowest BCUT2D eigenvalue weighted by molar-refractivity contribution is -0.137. The Morgan fingerprint density at radius 2 is 1.79 bits per heavy atom. The van der Waals surface area contributed by atoms with Crippen molar-refractivity contribution in [3.8, 4) is 0 Å². The summed E-state index contributed by atoms with van der Waals surface area (Å²) < 4.78 is 17.2. The van der Waals surface area contributed by atoms with Crippen LogP contribution in [0.4, 0.5) is 4.79 Å². The van der Waals surface area contributed by atoms with E-state index in [4.69, 9.17) is 13.9 Å². The largest absolute Gasteiger partial charge is 0.463 e. The molecule has 0 aromatic carbocycles. The summed E-state index contributed by atoms with van der Waals surface area (Å²) >= 11 is 0. The summed E-state index contributed by atoms with van der Waals surface area (Å²) in [5, 5.41) is 0.0123. The molecule has 0 spiro atoms. The lowest BCUT2D eigenvalue weighted by Gasteiger charge is -2.41. The molecule has 0 radical (unpaired) electrons. The first-order valence-electron chi connectivity index (χ1n) is 10.2. The molecule has 1 saturated heterocycles. The highest BCUT2D eigenvalue weighted by Crippen LogP contribution is 2.39. The monoisotopic (exact) mass is 413 g/mol. The van der Waals surface area contributed by atoms with Gasteiger partial charge in [0.1, 0.15) is 5.60 Å². The summed E-state index contributed by atoms with van der Waals surface area (Å²) in [4.78, 5) is 26.3. The zero-order chi connectivity index (χ0) is 21.8. The van der Waals surface area contributed by atoms with Crippen LogP contribution in [0.5, 0.6) is 0 Å². The molecule has 7 heteroatoms. The summed E-state index contributed by atoms with van der Waals surface area (Å²) in [6, 6.07) is -0.158. The van der Waals surface area contributed by atoms with Gasteiger partial charge in [0.15, 0.2) is 8.32 Å². The average molecular weight is 414 g/mol. The van der Waals surface area contributed by atoms with Crippen LogP contribution in [-0.2, 0) is 18.7 Å². The van der Waals surface area contributed by atoms with Crippen LogP contribution >= 0.6 is 0 Å². The zero-order valence-electron chi connectivity index (χ0n) is 19.1. The third-order valence-electron chi connectivity index (χ3n) is 5.25. The fourth-order valence-corrected chi connectivity index (χ4v) is 4.08. The van der Waals surface area contributed by atoms with Gasteiger partial charge in [-0.25, -0.2) is 9.59 Å². The molecule has 0 saturated carbocycles. The van der Waals surface area contributed by atoms with Crippen molar-refractivity contribution in [1.82, 2.24) is 4.90 Å². The van der Waals surface area contributed by atoms with Gasteiger partial charge in [-0.3, -0.25) is 0 Å². The van der Waals surface area contributed by atoms with Crippen molar-refractivity contribution in [1.29, 1.82) is 0 Å². The summed E-state index contributed by atoms with van der Waals surface area (Å²) in [7, 11) is -2.12. The molecule has 1 fully saturated rings. The van der Waals surface area contributed by atoms with Gasteiger partial charge in [-0.15, -0.1) is 0 Å². The molecule has 2 atom stereocenters. The first-order valence-corrected chi connectivity index (χ1v) is 13.1. The van der Waals surface area contributed by atoms with Gasteiger partial charge < -0.3 is 18.8 Å². The molecule has 1 aliphatic rings. The summed E-state index contributed by atoms with van der Waals surface area (Å²) in [6.07, 6.45) is 4.17. The van der Waals surface area contributed by atoms with Crippen LogP contribution in [0.3, 0.4) is 0 Å². The van der Waals surface area contributed by atoms with Gasteiger partial charge >= 0.3 is 12.1 Å². The van der Waals surface area contributed by atoms with E-state index < -0.39 is 19.9 Å². The molecule has 28 heavy (non-hydrogen) atoms. The third-order valence-corrected chi connectivity index (χ3v) is 9.73. The van der Waals surface area contributed by atoms with Gasteiger partial charge in [0.05, 0.1) is 18.8 Å². The summed E-state index contributed by atoms with van der Waals surface area (Å²) in [5.74, 6) is -0.395. The second kappa shape index (κ2) is 9.44. The normalized spacial score (nSPS) is 19.8. The number of hydrogen-bond donors (Lipinski definition) is 0. The number of carbonyl (C=O) groups is 2. The molecule has 162 valence electrons. The first-order chi connectivity index (χ1) is 12.7. The van der Waals surface area contributed by atoms with E-state index in [1.807, 2.05) is 20.8 Å². The van der Waals surface area contributed by atoms with E-state index in [1.165, 1.54) is 6.08 Å². The molecule has 1 rings (SSSR count). The minimum atomic E-state index is -2.12. The number of ether oxygens (including phenoxy) is 2. The van der Waals surface area contributed by atoms with Gasteiger partial charge in [-0.1, -0.05) is 20.8 Å². The fourth-order valence-electron chi connectivity index (χ4n) is 2.81. The standard InChI is InChI=1S/C21H39NO5Si/c1-10-25-18(23)14-13-17(27-28(8,9)21(5,6)7)16-12-11-15-22(16)19(24)26-20(2,3)4/h13-14,16-17H,10-12,15H2,1-9H3/b14-13-/t16-,17+/m0/s1. The van der Waals surface area contributed by atoms with Crippen molar-refractivity contribution in [2.45, 2.75) is 97.2 Å². The second-order valence-electron chi connectivity index (χ2n) is 9.84. The molecule has 0 N–H and O–H groups in total. The smallest absolute Gasteiger partial charge is 0.410 e. The number of rotatable bonds is 6. The van der Waals surface area contributed by atoms with Gasteiger partial charge in [-0.2, -0.15) is 0 Å². The van der Waals surface area contributed by atoms with Crippen molar-refractivity contribution in [3.63, 3.8) is 0 Å². The maximum absolute atomic E-state index is 12.7. The highest BCUT2D eigenvalue weighted by Gasteiger charge is 2.43. The van der Waals surface area contributed by atoms with E-state index in [2.05, 4.69) is 33.9 Å². The van der Waals surface area contributed by atoms with Crippen molar-refractivity contribution in [2.75, 3.05) is 13.2 Å². The lowest BCUT2D eigenvalue weighted by Crippen LogP contribution is -2.51. The molecule has 0 bridgehead atoms. The average Bonchev–Trinajstić information content (AvgIpc) is 2.98. The number of hydrogen-bond acceptors (Lipinski definition) is 5. The molecule has 1 heterocycles. The number of amides is 1. The number of carbonyl (C=O) groups excluding carboxylic acids is 2. The van der Waals surface area contributed by atoms with E-state index in [9.17, 15) is 9.59 Å². The van der Waals surface area contributed by atoms with Gasteiger partial charge in [0.25, 0.3) is 0 Å². The van der Waals surface area contributed by atoms with E-state index >= 15 is 0 Å². The van der Waals surface area contributed by atoms with Crippen LogP contribution in [0.15, 0.2) is 12.2 Å². The van der Waals surface area contributed by atoms with Crippen LogP contribution in [0, 0.1) is 0 Å². The van der Waals surface area contributed by atoms with Gasteiger partial charge in [0, 0.05) is 12.6 Å². The predicted molar refractivity (Wildman–Crippen MR) is 114 cm³/mol. The maximum Gasteiger partial charge on any atom is 0.410 e. The highest BCUT2D eigenvalue weighted by atomic mass is 28.4. The molecule has 1 aliphatic heterocycles. The summed E-state index contributed by atoms with van der Waals surface area (Å²) in [6.45, 7) is 19.2. The Bertz CT molecular complexity index is 574. The van der Waals surface area contributed by atoms with Crippen molar-refractivity contribution in [3.05, 3.63) is 12.2 Å². The summed E-state index contributed by atoms with van der Waals surface area (Å²) in [5.41, 5.74) is -0.555. The Balaban J connectivity index is 3.11. The molecule has 0 aromatic heterocycles. The predicted octanol–water partition coefficient (Wildman–Crippen LogP) is 4.90. The van der Waals surface area contributed by atoms with E-state index in [1.54, 1.807) is 17.9 Å². The van der Waals surface area contributed by atoms with Crippen LogP contribution in [0.25, 0.3) is 0 Å².